The summed E-state index contributed by atoms with van der Waals surface area (Å²) in [5, 5.41) is 18.6. The Labute approximate surface area is 188 Å². The zero-order chi connectivity index (χ0) is 23.4. The van der Waals surface area contributed by atoms with Crippen LogP contribution in [0.5, 0.6) is 17.2 Å². The van der Waals surface area contributed by atoms with Gasteiger partial charge in [0.2, 0.25) is 11.6 Å². The van der Waals surface area contributed by atoms with E-state index in [1.807, 2.05) is 0 Å². The summed E-state index contributed by atoms with van der Waals surface area (Å²) in [6, 6.07) is 11.5. The number of benzene rings is 2. The molecular formula is C22H20N4O7. The molecule has 0 aliphatic carbocycles. The molecule has 0 spiro atoms. The number of methoxy groups -OCH3 is 3. The lowest BCUT2D eigenvalue weighted by molar-refractivity contribution is -0.383. The maximum absolute atomic E-state index is 11.6. The molecule has 170 valence electrons. The van der Waals surface area contributed by atoms with Gasteiger partial charge < -0.3 is 28.5 Å². The van der Waals surface area contributed by atoms with Crippen LogP contribution in [0.4, 0.5) is 11.4 Å². The van der Waals surface area contributed by atoms with E-state index in [0.29, 0.717) is 46.4 Å². The van der Waals surface area contributed by atoms with Gasteiger partial charge in [0.1, 0.15) is 11.4 Å². The molecule has 0 aliphatic rings. The van der Waals surface area contributed by atoms with Crippen molar-refractivity contribution >= 4 is 11.4 Å². The molecule has 4 aromatic rings. The van der Waals surface area contributed by atoms with Crippen molar-refractivity contribution in [2.24, 2.45) is 0 Å². The average Bonchev–Trinajstić information content (AvgIpc) is 3.54. The molecule has 11 heteroatoms. The molecule has 11 nitrogen and oxygen atoms in total. The van der Waals surface area contributed by atoms with Crippen LogP contribution in [0.3, 0.4) is 0 Å². The maximum Gasteiger partial charge on any atom is 0.293 e. The quantitative estimate of drug-likeness (QED) is 0.285. The summed E-state index contributed by atoms with van der Waals surface area (Å²) in [4.78, 5) is 15.5. The highest BCUT2D eigenvalue weighted by atomic mass is 16.6. The van der Waals surface area contributed by atoms with E-state index in [0.717, 1.165) is 0 Å². The first-order chi connectivity index (χ1) is 16.0. The topological polar surface area (TPSA) is 135 Å². The SMILES string of the molecule is COc1cc(-c2noc(-c3ccc(NCc4ccco4)c([N+](=O)[O-])c3)n2)cc(OC)c1OC. The monoisotopic (exact) mass is 452 g/mol. The molecule has 0 fully saturated rings. The largest absolute Gasteiger partial charge is 0.493 e. The van der Waals surface area contributed by atoms with Crippen molar-refractivity contribution < 1.29 is 28.1 Å². The highest BCUT2D eigenvalue weighted by molar-refractivity contribution is 5.71. The summed E-state index contributed by atoms with van der Waals surface area (Å²) < 4.78 is 26.7. The number of aromatic nitrogens is 2. The highest BCUT2D eigenvalue weighted by Crippen LogP contribution is 2.41. The summed E-state index contributed by atoms with van der Waals surface area (Å²) in [6.07, 6.45) is 1.54. The molecule has 33 heavy (non-hydrogen) atoms. The summed E-state index contributed by atoms with van der Waals surface area (Å²) in [7, 11) is 4.51. The number of hydrogen-bond donors (Lipinski definition) is 1. The van der Waals surface area contributed by atoms with Crippen molar-refractivity contribution in [3.63, 3.8) is 0 Å². The number of anilines is 1. The van der Waals surface area contributed by atoms with Crippen LogP contribution in [0.25, 0.3) is 22.8 Å². The Hall–Kier alpha value is -4.54. The minimum absolute atomic E-state index is 0.124. The average molecular weight is 452 g/mol. The number of ether oxygens (including phenoxy) is 3. The molecule has 0 radical (unpaired) electrons. The van der Waals surface area contributed by atoms with E-state index < -0.39 is 4.92 Å². The Bertz CT molecular complexity index is 1240. The summed E-state index contributed by atoms with van der Waals surface area (Å²) in [5.74, 6) is 2.33. The Balaban J connectivity index is 1.64. The van der Waals surface area contributed by atoms with Crippen molar-refractivity contribution in [1.29, 1.82) is 0 Å². The first kappa shape index (κ1) is 21.7. The van der Waals surface area contributed by atoms with Crippen molar-refractivity contribution in [2.45, 2.75) is 6.54 Å². The van der Waals surface area contributed by atoms with Crippen molar-refractivity contribution in [3.05, 3.63) is 64.6 Å². The minimum Gasteiger partial charge on any atom is -0.493 e. The Morgan fingerprint density at radius 2 is 1.79 bits per heavy atom. The molecule has 0 aliphatic heterocycles. The first-order valence-electron chi connectivity index (χ1n) is 9.73. The predicted octanol–water partition coefficient (Wildman–Crippen LogP) is 4.54. The lowest BCUT2D eigenvalue weighted by Gasteiger charge is -2.12. The molecule has 2 heterocycles. The molecule has 0 saturated carbocycles. The normalized spacial score (nSPS) is 10.6. The van der Waals surface area contributed by atoms with E-state index in [4.69, 9.17) is 23.2 Å². The second-order valence-electron chi connectivity index (χ2n) is 6.76. The molecule has 4 rings (SSSR count). The molecule has 2 aromatic carbocycles. The van der Waals surface area contributed by atoms with Crippen LogP contribution in [-0.2, 0) is 6.54 Å². The second kappa shape index (κ2) is 9.30. The number of rotatable bonds is 9. The van der Waals surface area contributed by atoms with Crippen LogP contribution < -0.4 is 19.5 Å². The van der Waals surface area contributed by atoms with Gasteiger partial charge in [-0.15, -0.1) is 0 Å². The lowest BCUT2D eigenvalue weighted by atomic mass is 10.1. The van der Waals surface area contributed by atoms with Gasteiger partial charge in [-0.1, -0.05) is 5.16 Å². The fraction of sp³-hybridized carbons (Fsp3) is 0.182. The second-order valence-corrected chi connectivity index (χ2v) is 6.76. The molecule has 0 saturated heterocycles. The van der Waals surface area contributed by atoms with E-state index in [-0.39, 0.29) is 17.4 Å². The van der Waals surface area contributed by atoms with Crippen LogP contribution in [-0.4, -0.2) is 36.4 Å². The number of hydrogen-bond acceptors (Lipinski definition) is 10. The third-order valence-electron chi connectivity index (χ3n) is 4.82. The van der Waals surface area contributed by atoms with Gasteiger partial charge >= 0.3 is 0 Å². The third kappa shape index (κ3) is 4.42. The Morgan fingerprint density at radius 3 is 2.39 bits per heavy atom. The molecule has 0 atom stereocenters. The lowest BCUT2D eigenvalue weighted by Crippen LogP contribution is -2.02. The van der Waals surface area contributed by atoms with Gasteiger partial charge in [-0.25, -0.2) is 0 Å². The molecule has 0 amide bonds. The van der Waals surface area contributed by atoms with E-state index in [2.05, 4.69) is 15.5 Å². The van der Waals surface area contributed by atoms with Gasteiger partial charge in [0.15, 0.2) is 11.5 Å². The van der Waals surface area contributed by atoms with Gasteiger partial charge in [0.05, 0.1) is 39.1 Å². The van der Waals surface area contributed by atoms with Crippen LogP contribution in [0, 0.1) is 10.1 Å². The van der Waals surface area contributed by atoms with Gasteiger partial charge in [-0.05, 0) is 36.4 Å². The van der Waals surface area contributed by atoms with Crippen LogP contribution in [0.15, 0.2) is 57.7 Å². The van der Waals surface area contributed by atoms with Gasteiger partial charge in [0.25, 0.3) is 11.6 Å². The highest BCUT2D eigenvalue weighted by Gasteiger charge is 2.21. The van der Waals surface area contributed by atoms with Gasteiger partial charge in [0, 0.05) is 17.2 Å². The van der Waals surface area contributed by atoms with E-state index in [1.54, 1.807) is 36.4 Å². The number of furan rings is 1. The zero-order valence-electron chi connectivity index (χ0n) is 18.0. The van der Waals surface area contributed by atoms with Crippen LogP contribution >= 0.6 is 0 Å². The Kier molecular flexibility index (Phi) is 6.11. The third-order valence-corrected chi connectivity index (χ3v) is 4.82. The summed E-state index contributed by atoms with van der Waals surface area (Å²) >= 11 is 0. The molecule has 2 aromatic heterocycles. The smallest absolute Gasteiger partial charge is 0.293 e. The van der Waals surface area contributed by atoms with E-state index >= 15 is 0 Å². The standard InChI is InChI=1S/C22H20N4O7/c1-29-18-10-14(11-19(30-2)20(18)31-3)21-24-22(33-25-21)13-6-7-16(17(9-13)26(27)28)23-12-15-5-4-8-32-15/h4-11,23H,12H2,1-3H3. The number of nitro groups is 1. The Morgan fingerprint density at radius 1 is 1.03 bits per heavy atom. The fourth-order valence-corrected chi connectivity index (χ4v) is 3.23. The van der Waals surface area contributed by atoms with Crippen molar-refractivity contribution in [3.8, 4) is 40.1 Å². The summed E-state index contributed by atoms with van der Waals surface area (Å²) in [6.45, 7) is 0.305. The maximum atomic E-state index is 11.6. The fourth-order valence-electron chi connectivity index (χ4n) is 3.23. The first-order valence-corrected chi connectivity index (χ1v) is 9.73. The van der Waals surface area contributed by atoms with E-state index in [9.17, 15) is 10.1 Å². The minimum atomic E-state index is -0.482. The van der Waals surface area contributed by atoms with Gasteiger partial charge in [-0.2, -0.15) is 4.98 Å². The molecule has 0 bridgehead atoms. The van der Waals surface area contributed by atoms with Gasteiger partial charge in [-0.3, -0.25) is 10.1 Å². The van der Waals surface area contributed by atoms with Crippen molar-refractivity contribution in [2.75, 3.05) is 26.6 Å². The number of nitro benzene ring substituents is 1. The number of nitrogens with zero attached hydrogens (tertiary/aromatic N) is 3. The van der Waals surface area contributed by atoms with Crippen LogP contribution in [0.1, 0.15) is 5.76 Å². The predicted molar refractivity (Wildman–Crippen MR) is 118 cm³/mol. The molecular weight excluding hydrogens is 432 g/mol. The van der Waals surface area contributed by atoms with Crippen LogP contribution in [0.2, 0.25) is 0 Å². The summed E-state index contributed by atoms with van der Waals surface area (Å²) in [5.41, 5.74) is 1.17. The van der Waals surface area contributed by atoms with Crippen molar-refractivity contribution in [1.82, 2.24) is 10.1 Å². The molecule has 0 unspecified atom stereocenters. The van der Waals surface area contributed by atoms with E-state index in [1.165, 1.54) is 33.7 Å². The molecule has 1 N–H and O–H groups in total. The zero-order valence-corrected chi connectivity index (χ0v) is 18.0. The number of nitrogens with one attached hydrogen (secondary N) is 1.